The molecule has 1 aromatic heterocycles. The number of hydrogen-bond donors (Lipinski definition) is 1. The molecule has 116 valence electrons. The third kappa shape index (κ3) is 2.87. The summed E-state index contributed by atoms with van der Waals surface area (Å²) in [5, 5.41) is 6.81. The predicted octanol–water partition coefficient (Wildman–Crippen LogP) is 2.47. The fourth-order valence-electron chi connectivity index (χ4n) is 2.61. The third-order valence-electron chi connectivity index (χ3n) is 3.88. The molecule has 0 spiro atoms. The number of amides is 1. The molecular weight excluding hydrogens is 285 g/mol. The van der Waals surface area contributed by atoms with Gasteiger partial charge >= 0.3 is 0 Å². The Morgan fingerprint density at radius 3 is 2.95 bits per heavy atom. The maximum atomic E-state index is 13.0. The number of rotatable bonds is 3. The molecule has 5 nitrogen and oxygen atoms in total. The summed E-state index contributed by atoms with van der Waals surface area (Å²) in [6.45, 7) is 3.75. The topological polar surface area (TPSA) is 58.2 Å². The number of nitrogens with zero attached hydrogens (tertiary/aromatic N) is 2. The van der Waals surface area contributed by atoms with E-state index in [0.29, 0.717) is 31.0 Å². The molecule has 1 unspecified atom stereocenters. The number of aromatic nitrogens is 2. The molecule has 1 atom stereocenters. The summed E-state index contributed by atoms with van der Waals surface area (Å²) in [6.07, 6.45) is 2.48. The Hall–Kier alpha value is -2.21. The van der Waals surface area contributed by atoms with Crippen LogP contribution < -0.4 is 0 Å². The number of benzene rings is 1. The Labute approximate surface area is 128 Å². The van der Waals surface area contributed by atoms with Crippen molar-refractivity contribution >= 4 is 5.91 Å². The lowest BCUT2D eigenvalue weighted by Crippen LogP contribution is -2.45. The number of carbonyl (C=O) groups is 1. The molecule has 1 aromatic carbocycles. The van der Waals surface area contributed by atoms with Gasteiger partial charge in [0.2, 0.25) is 0 Å². The Morgan fingerprint density at radius 2 is 2.23 bits per heavy atom. The molecule has 3 rings (SSSR count). The molecule has 2 aromatic rings. The van der Waals surface area contributed by atoms with Crippen molar-refractivity contribution in [1.29, 1.82) is 0 Å². The largest absolute Gasteiger partial charge is 0.375 e. The van der Waals surface area contributed by atoms with E-state index >= 15 is 0 Å². The summed E-state index contributed by atoms with van der Waals surface area (Å²) in [6, 6.07) is 6.00. The summed E-state index contributed by atoms with van der Waals surface area (Å²) < 4.78 is 18.6. The van der Waals surface area contributed by atoms with Crippen LogP contribution in [0.2, 0.25) is 0 Å². The molecule has 1 aliphatic heterocycles. The Balaban J connectivity index is 1.85. The van der Waals surface area contributed by atoms with Crippen LogP contribution in [-0.2, 0) is 4.74 Å². The summed E-state index contributed by atoms with van der Waals surface area (Å²) >= 11 is 0. The van der Waals surface area contributed by atoms with Gasteiger partial charge in [-0.2, -0.15) is 5.10 Å². The van der Waals surface area contributed by atoms with E-state index in [1.165, 1.54) is 18.3 Å². The van der Waals surface area contributed by atoms with Gasteiger partial charge in [0.1, 0.15) is 5.82 Å². The Kier molecular flexibility index (Phi) is 4.20. The molecule has 6 heteroatoms. The van der Waals surface area contributed by atoms with E-state index in [2.05, 4.69) is 10.2 Å². The maximum absolute atomic E-state index is 13.0. The second-order valence-electron chi connectivity index (χ2n) is 5.32. The molecule has 0 saturated carbocycles. The van der Waals surface area contributed by atoms with Crippen molar-refractivity contribution < 1.29 is 13.9 Å². The van der Waals surface area contributed by atoms with Gasteiger partial charge < -0.3 is 9.64 Å². The van der Waals surface area contributed by atoms with E-state index in [0.717, 1.165) is 12.0 Å². The fourth-order valence-corrected chi connectivity index (χ4v) is 2.61. The minimum absolute atomic E-state index is 0.0742. The lowest BCUT2D eigenvalue weighted by molar-refractivity contribution is -0.0226. The van der Waals surface area contributed by atoms with Crippen molar-refractivity contribution in [3.63, 3.8) is 0 Å². The van der Waals surface area contributed by atoms with E-state index in [9.17, 15) is 9.18 Å². The second-order valence-corrected chi connectivity index (χ2v) is 5.32. The summed E-state index contributed by atoms with van der Waals surface area (Å²) in [5.74, 6) is -0.384. The number of ether oxygens (including phenoxy) is 1. The van der Waals surface area contributed by atoms with Crippen molar-refractivity contribution in [3.05, 3.63) is 41.8 Å². The number of hydrogen-bond acceptors (Lipinski definition) is 3. The number of aromatic amines is 1. The first-order chi connectivity index (χ1) is 10.7. The van der Waals surface area contributed by atoms with Gasteiger partial charge in [0.25, 0.3) is 5.91 Å². The van der Waals surface area contributed by atoms with Gasteiger partial charge in [-0.25, -0.2) is 4.39 Å². The van der Waals surface area contributed by atoms with Crippen LogP contribution in [0.5, 0.6) is 0 Å². The Bertz CT molecular complexity index is 654. The molecule has 1 aliphatic rings. The highest BCUT2D eigenvalue weighted by Crippen LogP contribution is 2.23. The minimum Gasteiger partial charge on any atom is -0.375 e. The molecule has 0 radical (unpaired) electrons. The quantitative estimate of drug-likeness (QED) is 0.947. The predicted molar refractivity (Wildman–Crippen MR) is 79.9 cm³/mol. The van der Waals surface area contributed by atoms with Crippen LogP contribution in [-0.4, -0.2) is 46.8 Å². The number of H-pyrrole nitrogens is 1. The SMILES string of the molecule is CCC1CN(C(=O)c2cn[nH]c2-c2ccc(F)cc2)CCO1. The highest BCUT2D eigenvalue weighted by molar-refractivity contribution is 5.99. The highest BCUT2D eigenvalue weighted by Gasteiger charge is 2.26. The molecular formula is C16H18FN3O2. The van der Waals surface area contributed by atoms with E-state index < -0.39 is 0 Å². The monoisotopic (exact) mass is 303 g/mol. The summed E-state index contributed by atoms with van der Waals surface area (Å²) in [4.78, 5) is 14.5. The molecule has 2 heterocycles. The zero-order chi connectivity index (χ0) is 15.5. The van der Waals surface area contributed by atoms with Crippen molar-refractivity contribution in [3.8, 4) is 11.3 Å². The van der Waals surface area contributed by atoms with Crippen LogP contribution in [0.1, 0.15) is 23.7 Å². The molecule has 22 heavy (non-hydrogen) atoms. The van der Waals surface area contributed by atoms with Crippen molar-refractivity contribution in [1.82, 2.24) is 15.1 Å². The van der Waals surface area contributed by atoms with Crippen LogP contribution in [0.3, 0.4) is 0 Å². The average Bonchev–Trinajstić information content (AvgIpc) is 3.04. The van der Waals surface area contributed by atoms with Crippen LogP contribution in [0.4, 0.5) is 4.39 Å². The Morgan fingerprint density at radius 1 is 1.45 bits per heavy atom. The summed E-state index contributed by atoms with van der Waals surface area (Å²) in [5.41, 5.74) is 1.86. The zero-order valence-electron chi connectivity index (χ0n) is 12.4. The van der Waals surface area contributed by atoms with Crippen LogP contribution in [0, 0.1) is 5.82 Å². The van der Waals surface area contributed by atoms with Crippen LogP contribution >= 0.6 is 0 Å². The average molecular weight is 303 g/mol. The second kappa shape index (κ2) is 6.27. The first kappa shape index (κ1) is 14.7. The molecule has 0 bridgehead atoms. The van der Waals surface area contributed by atoms with E-state index in [1.54, 1.807) is 17.0 Å². The smallest absolute Gasteiger partial charge is 0.257 e. The van der Waals surface area contributed by atoms with Gasteiger partial charge in [-0.1, -0.05) is 6.92 Å². The van der Waals surface area contributed by atoms with Crippen molar-refractivity contribution in [2.24, 2.45) is 0 Å². The maximum Gasteiger partial charge on any atom is 0.257 e. The molecule has 1 amide bonds. The standard InChI is InChI=1S/C16H18FN3O2/c1-2-13-10-20(7-8-22-13)16(21)14-9-18-19-15(14)11-3-5-12(17)6-4-11/h3-6,9,13H,2,7-8,10H2,1H3,(H,18,19). The molecule has 1 N–H and O–H groups in total. The minimum atomic E-state index is -0.310. The number of carbonyl (C=O) groups excluding carboxylic acids is 1. The lowest BCUT2D eigenvalue weighted by atomic mass is 10.1. The van der Waals surface area contributed by atoms with E-state index in [1.807, 2.05) is 6.92 Å². The summed E-state index contributed by atoms with van der Waals surface area (Å²) in [7, 11) is 0. The van der Waals surface area contributed by atoms with E-state index in [4.69, 9.17) is 4.74 Å². The third-order valence-corrected chi connectivity index (χ3v) is 3.88. The zero-order valence-corrected chi connectivity index (χ0v) is 12.4. The van der Waals surface area contributed by atoms with Gasteiger partial charge in [0.05, 0.1) is 30.2 Å². The van der Waals surface area contributed by atoms with Crippen LogP contribution in [0.25, 0.3) is 11.3 Å². The van der Waals surface area contributed by atoms with Gasteiger partial charge in [0, 0.05) is 18.7 Å². The number of nitrogens with one attached hydrogen (secondary N) is 1. The first-order valence-corrected chi connectivity index (χ1v) is 7.39. The molecule has 1 fully saturated rings. The highest BCUT2D eigenvalue weighted by atomic mass is 19.1. The molecule has 0 aliphatic carbocycles. The van der Waals surface area contributed by atoms with Gasteiger partial charge in [-0.05, 0) is 30.7 Å². The van der Waals surface area contributed by atoms with E-state index in [-0.39, 0.29) is 17.8 Å². The van der Waals surface area contributed by atoms with Gasteiger partial charge in [-0.15, -0.1) is 0 Å². The van der Waals surface area contributed by atoms with Crippen molar-refractivity contribution in [2.45, 2.75) is 19.4 Å². The molecule has 1 saturated heterocycles. The lowest BCUT2D eigenvalue weighted by Gasteiger charge is -2.32. The number of halogens is 1. The van der Waals surface area contributed by atoms with Gasteiger partial charge in [-0.3, -0.25) is 9.89 Å². The fraction of sp³-hybridized carbons (Fsp3) is 0.375. The van der Waals surface area contributed by atoms with Crippen LogP contribution in [0.15, 0.2) is 30.5 Å². The normalized spacial score (nSPS) is 18.5. The van der Waals surface area contributed by atoms with Gasteiger partial charge in [0.15, 0.2) is 0 Å². The first-order valence-electron chi connectivity index (χ1n) is 7.39. The van der Waals surface area contributed by atoms with Crippen molar-refractivity contribution in [2.75, 3.05) is 19.7 Å². The number of morpholine rings is 1.